The first kappa shape index (κ1) is 12.9. The van der Waals surface area contributed by atoms with Gasteiger partial charge in [0.2, 0.25) is 0 Å². The summed E-state index contributed by atoms with van der Waals surface area (Å²) in [4.78, 5) is 13.6. The summed E-state index contributed by atoms with van der Waals surface area (Å²) in [6, 6.07) is -0.0260. The minimum atomic E-state index is -0.0260. The van der Waals surface area contributed by atoms with Gasteiger partial charge in [-0.2, -0.15) is 0 Å². The van der Waals surface area contributed by atoms with Gasteiger partial charge in [0, 0.05) is 19.2 Å². The molecule has 1 aromatic heterocycles. The number of hydrogen-bond donors (Lipinski definition) is 1. The van der Waals surface area contributed by atoms with Crippen molar-refractivity contribution in [3.8, 4) is 0 Å². The zero-order valence-corrected chi connectivity index (χ0v) is 11.3. The van der Waals surface area contributed by atoms with Crippen LogP contribution in [0.15, 0.2) is 4.52 Å². The number of carbonyl (C=O) groups excluding carboxylic acids is 1. The molecule has 0 bridgehead atoms. The van der Waals surface area contributed by atoms with Crippen LogP contribution in [-0.4, -0.2) is 29.7 Å². The Bertz CT molecular complexity index is 404. The van der Waals surface area contributed by atoms with E-state index in [2.05, 4.69) is 10.5 Å². The SMILES string of the molecule is Cc1noc(C)c1CN(C)C(=O)NCC1CCC1. The zero-order chi connectivity index (χ0) is 13.1. The molecular weight excluding hydrogens is 230 g/mol. The maximum Gasteiger partial charge on any atom is 0.317 e. The highest BCUT2D eigenvalue weighted by atomic mass is 16.5. The Hall–Kier alpha value is -1.52. The average Bonchev–Trinajstić information content (AvgIpc) is 2.58. The number of nitrogens with zero attached hydrogens (tertiary/aromatic N) is 2. The molecule has 100 valence electrons. The molecule has 0 aliphatic heterocycles. The molecule has 2 rings (SSSR count). The Morgan fingerprint density at radius 1 is 1.50 bits per heavy atom. The lowest BCUT2D eigenvalue weighted by Gasteiger charge is -2.26. The molecule has 1 heterocycles. The molecule has 5 nitrogen and oxygen atoms in total. The molecule has 0 saturated heterocycles. The van der Waals surface area contributed by atoms with Crippen molar-refractivity contribution in [3.05, 3.63) is 17.0 Å². The molecule has 0 spiro atoms. The fourth-order valence-corrected chi connectivity index (χ4v) is 2.10. The molecule has 0 radical (unpaired) electrons. The van der Waals surface area contributed by atoms with Crippen LogP contribution in [0.1, 0.15) is 36.3 Å². The van der Waals surface area contributed by atoms with E-state index in [1.54, 1.807) is 11.9 Å². The number of nitrogens with one attached hydrogen (secondary N) is 1. The predicted molar refractivity (Wildman–Crippen MR) is 68.2 cm³/mol. The largest absolute Gasteiger partial charge is 0.361 e. The lowest BCUT2D eigenvalue weighted by Crippen LogP contribution is -2.40. The molecule has 0 unspecified atom stereocenters. The van der Waals surface area contributed by atoms with E-state index in [4.69, 9.17) is 4.52 Å². The van der Waals surface area contributed by atoms with Gasteiger partial charge in [-0.15, -0.1) is 0 Å². The summed E-state index contributed by atoms with van der Waals surface area (Å²) in [7, 11) is 1.79. The van der Waals surface area contributed by atoms with Gasteiger partial charge >= 0.3 is 6.03 Å². The molecule has 1 aliphatic carbocycles. The molecule has 1 saturated carbocycles. The van der Waals surface area contributed by atoms with E-state index >= 15 is 0 Å². The molecule has 1 aliphatic rings. The highest BCUT2D eigenvalue weighted by Crippen LogP contribution is 2.25. The van der Waals surface area contributed by atoms with Crippen LogP contribution < -0.4 is 5.32 Å². The molecule has 2 amide bonds. The monoisotopic (exact) mass is 251 g/mol. The second kappa shape index (κ2) is 5.42. The van der Waals surface area contributed by atoms with Crippen LogP contribution in [0, 0.1) is 19.8 Å². The van der Waals surface area contributed by atoms with E-state index < -0.39 is 0 Å². The normalized spacial score (nSPS) is 15.3. The summed E-state index contributed by atoms with van der Waals surface area (Å²) in [6.07, 6.45) is 3.79. The Morgan fingerprint density at radius 2 is 2.22 bits per heavy atom. The van der Waals surface area contributed by atoms with Crippen LogP contribution in [0.25, 0.3) is 0 Å². The Kier molecular flexibility index (Phi) is 3.89. The summed E-state index contributed by atoms with van der Waals surface area (Å²) < 4.78 is 5.09. The van der Waals surface area contributed by atoms with Gasteiger partial charge in [-0.1, -0.05) is 11.6 Å². The maximum absolute atomic E-state index is 11.9. The number of urea groups is 1. The van der Waals surface area contributed by atoms with E-state index in [9.17, 15) is 4.79 Å². The summed E-state index contributed by atoms with van der Waals surface area (Å²) in [6.45, 7) is 5.10. The zero-order valence-electron chi connectivity index (χ0n) is 11.3. The van der Waals surface area contributed by atoms with E-state index in [-0.39, 0.29) is 6.03 Å². The molecule has 5 heteroatoms. The first-order valence-electron chi connectivity index (χ1n) is 6.48. The van der Waals surface area contributed by atoms with E-state index in [0.717, 1.165) is 23.6 Å². The molecule has 0 aromatic carbocycles. The van der Waals surface area contributed by atoms with Gasteiger partial charge in [0.25, 0.3) is 0 Å². The summed E-state index contributed by atoms with van der Waals surface area (Å²) in [5.41, 5.74) is 1.85. The smallest absolute Gasteiger partial charge is 0.317 e. The van der Waals surface area contributed by atoms with Gasteiger partial charge in [0.05, 0.1) is 12.2 Å². The highest BCUT2D eigenvalue weighted by molar-refractivity contribution is 5.73. The van der Waals surface area contributed by atoms with Crippen LogP contribution >= 0.6 is 0 Å². The molecule has 1 N–H and O–H groups in total. The third kappa shape index (κ3) is 2.83. The van der Waals surface area contributed by atoms with Gasteiger partial charge in [-0.05, 0) is 32.6 Å². The number of carbonyl (C=O) groups is 1. The quantitative estimate of drug-likeness (QED) is 0.892. The molecule has 0 atom stereocenters. The van der Waals surface area contributed by atoms with Crippen molar-refractivity contribution in [2.75, 3.05) is 13.6 Å². The van der Waals surface area contributed by atoms with Gasteiger partial charge in [-0.25, -0.2) is 4.79 Å². The number of rotatable bonds is 4. The van der Waals surface area contributed by atoms with Crippen molar-refractivity contribution < 1.29 is 9.32 Å². The Balaban J connectivity index is 1.83. The van der Waals surface area contributed by atoms with Crippen molar-refractivity contribution in [2.24, 2.45) is 5.92 Å². The maximum atomic E-state index is 11.9. The standard InChI is InChI=1S/C13H21N3O2/c1-9-12(10(2)18-15-9)8-16(3)13(17)14-7-11-5-4-6-11/h11H,4-8H2,1-3H3,(H,14,17). The second-order valence-electron chi connectivity index (χ2n) is 5.14. The van der Waals surface area contributed by atoms with Crippen molar-refractivity contribution in [1.82, 2.24) is 15.4 Å². The number of hydrogen-bond acceptors (Lipinski definition) is 3. The lowest BCUT2D eigenvalue weighted by atomic mass is 9.85. The fourth-order valence-electron chi connectivity index (χ4n) is 2.10. The molecular formula is C13H21N3O2. The molecule has 1 fully saturated rings. The van der Waals surface area contributed by atoms with Crippen LogP contribution in [0.2, 0.25) is 0 Å². The van der Waals surface area contributed by atoms with Crippen molar-refractivity contribution in [3.63, 3.8) is 0 Å². The van der Waals surface area contributed by atoms with Crippen LogP contribution in [-0.2, 0) is 6.54 Å². The van der Waals surface area contributed by atoms with Gasteiger partial charge in [0.15, 0.2) is 0 Å². The Labute approximate surface area is 108 Å². The summed E-state index contributed by atoms with van der Waals surface area (Å²) >= 11 is 0. The molecule has 18 heavy (non-hydrogen) atoms. The van der Waals surface area contributed by atoms with Crippen molar-refractivity contribution in [2.45, 2.75) is 39.7 Å². The summed E-state index contributed by atoms with van der Waals surface area (Å²) in [5, 5.41) is 6.86. The fraction of sp³-hybridized carbons (Fsp3) is 0.692. The van der Waals surface area contributed by atoms with Crippen molar-refractivity contribution in [1.29, 1.82) is 0 Å². The summed E-state index contributed by atoms with van der Waals surface area (Å²) in [5.74, 6) is 1.47. The van der Waals surface area contributed by atoms with E-state index in [0.29, 0.717) is 12.5 Å². The minimum absolute atomic E-state index is 0.0260. The third-order valence-corrected chi connectivity index (χ3v) is 3.69. The number of aromatic nitrogens is 1. The van der Waals surface area contributed by atoms with Crippen molar-refractivity contribution >= 4 is 6.03 Å². The first-order chi connectivity index (χ1) is 8.58. The van der Waals surface area contributed by atoms with Gasteiger partial charge in [-0.3, -0.25) is 0 Å². The van der Waals surface area contributed by atoms with Crippen LogP contribution in [0.3, 0.4) is 0 Å². The van der Waals surface area contributed by atoms with Gasteiger partial charge in [0.1, 0.15) is 5.76 Å². The lowest BCUT2D eigenvalue weighted by molar-refractivity contribution is 0.200. The van der Waals surface area contributed by atoms with Crippen LogP contribution in [0.5, 0.6) is 0 Å². The first-order valence-corrected chi connectivity index (χ1v) is 6.48. The van der Waals surface area contributed by atoms with E-state index in [1.807, 2.05) is 13.8 Å². The van der Waals surface area contributed by atoms with Crippen LogP contribution in [0.4, 0.5) is 4.79 Å². The number of amides is 2. The minimum Gasteiger partial charge on any atom is -0.361 e. The molecule has 1 aromatic rings. The predicted octanol–water partition coefficient (Wildman–Crippen LogP) is 2.23. The number of aryl methyl sites for hydroxylation is 2. The average molecular weight is 251 g/mol. The topological polar surface area (TPSA) is 58.4 Å². The second-order valence-corrected chi connectivity index (χ2v) is 5.14. The van der Waals surface area contributed by atoms with Gasteiger partial charge < -0.3 is 14.7 Å². The third-order valence-electron chi connectivity index (χ3n) is 3.69. The Morgan fingerprint density at radius 3 is 2.72 bits per heavy atom. The van der Waals surface area contributed by atoms with E-state index in [1.165, 1.54) is 19.3 Å². The highest BCUT2D eigenvalue weighted by Gasteiger charge is 2.20.